The zero-order valence-corrected chi connectivity index (χ0v) is 12.3. The van der Waals surface area contributed by atoms with Gasteiger partial charge in [-0.3, -0.25) is 4.57 Å². The zero-order valence-electron chi connectivity index (χ0n) is 10.7. The maximum atomic E-state index is 10.2. The average Bonchev–Trinajstić information content (AvgIpc) is 2.85. The Hall–Kier alpha value is -1.91. The molecule has 4 heteroatoms. The van der Waals surface area contributed by atoms with Crippen molar-refractivity contribution in [1.82, 2.24) is 9.55 Å². The van der Waals surface area contributed by atoms with Crippen LogP contribution in [0.25, 0.3) is 16.7 Å². The third-order valence-corrected chi connectivity index (χ3v) is 3.69. The summed E-state index contributed by atoms with van der Waals surface area (Å²) in [5, 5.41) is 11.2. The lowest BCUT2D eigenvalue weighted by atomic mass is 10.2. The Balaban J connectivity index is 2.34. The molecule has 0 fully saturated rings. The Labute approximate surface area is 125 Å². The van der Waals surface area contributed by atoms with Gasteiger partial charge in [0.15, 0.2) is 0 Å². The summed E-state index contributed by atoms with van der Waals surface area (Å²) in [6.07, 6.45) is 2.52. The topological polar surface area (TPSA) is 38.0 Å². The maximum absolute atomic E-state index is 10.2. The van der Waals surface area contributed by atoms with Crippen LogP contribution >= 0.6 is 15.9 Å². The van der Waals surface area contributed by atoms with Gasteiger partial charge in [-0.25, -0.2) is 4.98 Å². The molecule has 0 saturated heterocycles. The second-order valence-electron chi connectivity index (χ2n) is 4.48. The first-order valence-corrected chi connectivity index (χ1v) is 7.03. The molecule has 0 spiro atoms. The second-order valence-corrected chi connectivity index (χ2v) is 5.39. The minimum Gasteiger partial charge on any atom is -0.383 e. The third-order valence-electron chi connectivity index (χ3n) is 3.20. The number of hydrogen-bond acceptors (Lipinski definition) is 2. The van der Waals surface area contributed by atoms with E-state index in [1.165, 1.54) is 6.08 Å². The molecule has 100 valence electrons. The number of halogens is 1. The smallest absolute Gasteiger partial charge is 0.137 e. The highest BCUT2D eigenvalue weighted by Gasteiger charge is 2.15. The normalized spacial score (nSPS) is 12.5. The van der Waals surface area contributed by atoms with Crippen molar-refractivity contribution in [3.63, 3.8) is 0 Å². The number of hydrogen-bond donors (Lipinski definition) is 1. The van der Waals surface area contributed by atoms with Gasteiger partial charge in [0.05, 0.1) is 11.2 Å². The lowest BCUT2D eigenvalue weighted by molar-refractivity contribution is 0.222. The number of nitrogens with zero attached hydrogens (tertiary/aromatic N) is 2. The van der Waals surface area contributed by atoms with E-state index in [1.54, 1.807) is 6.20 Å². The Kier molecular flexibility index (Phi) is 3.42. The van der Waals surface area contributed by atoms with Crippen molar-refractivity contribution >= 4 is 26.8 Å². The molecule has 0 aliphatic rings. The van der Waals surface area contributed by atoms with Gasteiger partial charge in [0.25, 0.3) is 0 Å². The van der Waals surface area contributed by atoms with E-state index in [-0.39, 0.29) is 0 Å². The molecule has 1 atom stereocenters. The molecular weight excluding hydrogens is 316 g/mol. The van der Waals surface area contributed by atoms with E-state index in [4.69, 9.17) is 0 Å². The Bertz CT molecular complexity index is 765. The molecule has 3 nitrogen and oxygen atoms in total. The molecule has 2 aromatic heterocycles. The molecule has 0 radical (unpaired) electrons. The van der Waals surface area contributed by atoms with Crippen molar-refractivity contribution < 1.29 is 5.11 Å². The van der Waals surface area contributed by atoms with Crippen LogP contribution < -0.4 is 0 Å². The Morgan fingerprint density at radius 2 is 2.10 bits per heavy atom. The summed E-state index contributed by atoms with van der Waals surface area (Å²) in [6, 6.07) is 13.7. The van der Waals surface area contributed by atoms with Gasteiger partial charge in [-0.2, -0.15) is 0 Å². The van der Waals surface area contributed by atoms with Crippen molar-refractivity contribution in [2.75, 3.05) is 0 Å². The SMILES string of the molecule is C=CC(O)c1cc2cc(Br)ccc2n1-c1ccccn1. The fraction of sp³-hybridized carbons (Fsp3) is 0.0625. The van der Waals surface area contributed by atoms with Crippen LogP contribution in [0.4, 0.5) is 0 Å². The minimum atomic E-state index is -0.733. The van der Waals surface area contributed by atoms with E-state index in [9.17, 15) is 5.11 Å². The van der Waals surface area contributed by atoms with Crippen LogP contribution in [-0.2, 0) is 0 Å². The van der Waals surface area contributed by atoms with Crippen LogP contribution in [0.15, 0.2) is 65.8 Å². The molecule has 0 aliphatic heterocycles. The molecule has 1 N–H and O–H groups in total. The van der Waals surface area contributed by atoms with Crippen LogP contribution in [0.1, 0.15) is 11.8 Å². The fourth-order valence-corrected chi connectivity index (χ4v) is 2.67. The molecule has 2 heterocycles. The van der Waals surface area contributed by atoms with E-state index in [0.717, 1.165) is 26.9 Å². The number of pyridine rings is 1. The van der Waals surface area contributed by atoms with Crippen molar-refractivity contribution in [3.8, 4) is 5.82 Å². The molecular formula is C16H13BrN2O. The summed E-state index contributed by atoms with van der Waals surface area (Å²) in [4.78, 5) is 4.38. The summed E-state index contributed by atoms with van der Waals surface area (Å²) in [5.74, 6) is 0.778. The largest absolute Gasteiger partial charge is 0.383 e. The molecule has 0 aliphatic carbocycles. The summed E-state index contributed by atoms with van der Waals surface area (Å²) in [7, 11) is 0. The highest BCUT2D eigenvalue weighted by Crippen LogP contribution is 2.29. The van der Waals surface area contributed by atoms with Gasteiger partial charge in [-0.05, 0) is 36.4 Å². The van der Waals surface area contributed by atoms with E-state index in [1.807, 2.05) is 47.0 Å². The van der Waals surface area contributed by atoms with Gasteiger partial charge >= 0.3 is 0 Å². The number of aliphatic hydroxyl groups excluding tert-OH is 1. The summed E-state index contributed by atoms with van der Waals surface area (Å²) in [6.45, 7) is 3.67. The van der Waals surface area contributed by atoms with E-state index in [0.29, 0.717) is 0 Å². The van der Waals surface area contributed by atoms with Crippen molar-refractivity contribution in [2.24, 2.45) is 0 Å². The molecule has 0 amide bonds. The zero-order chi connectivity index (χ0) is 14.1. The van der Waals surface area contributed by atoms with E-state index in [2.05, 4.69) is 27.5 Å². The number of aromatic nitrogens is 2. The second kappa shape index (κ2) is 5.23. The molecule has 1 aromatic carbocycles. The molecule has 1 unspecified atom stereocenters. The lowest BCUT2D eigenvalue weighted by Crippen LogP contribution is -2.05. The number of fused-ring (bicyclic) bond motifs is 1. The van der Waals surface area contributed by atoms with Crippen LogP contribution in [-0.4, -0.2) is 14.7 Å². The van der Waals surface area contributed by atoms with E-state index < -0.39 is 6.10 Å². The van der Waals surface area contributed by atoms with Crippen LogP contribution in [0.5, 0.6) is 0 Å². The van der Waals surface area contributed by atoms with Gasteiger partial charge < -0.3 is 5.11 Å². The predicted molar refractivity (Wildman–Crippen MR) is 83.9 cm³/mol. The van der Waals surface area contributed by atoms with E-state index >= 15 is 0 Å². The summed E-state index contributed by atoms with van der Waals surface area (Å²) >= 11 is 3.47. The minimum absolute atomic E-state index is 0.733. The lowest BCUT2D eigenvalue weighted by Gasteiger charge is -2.12. The first-order valence-electron chi connectivity index (χ1n) is 6.23. The summed E-state index contributed by atoms with van der Waals surface area (Å²) < 4.78 is 2.96. The van der Waals surface area contributed by atoms with Crippen LogP contribution in [0, 0.1) is 0 Å². The van der Waals surface area contributed by atoms with Crippen molar-refractivity contribution in [2.45, 2.75) is 6.10 Å². The van der Waals surface area contributed by atoms with Gasteiger partial charge in [0, 0.05) is 16.1 Å². The molecule has 0 saturated carbocycles. The maximum Gasteiger partial charge on any atom is 0.137 e. The van der Waals surface area contributed by atoms with Crippen molar-refractivity contribution in [1.29, 1.82) is 0 Å². The molecule has 0 bridgehead atoms. The predicted octanol–water partition coefficient (Wildman–Crippen LogP) is 4.01. The molecule has 3 rings (SSSR count). The summed E-state index contributed by atoms with van der Waals surface area (Å²) in [5.41, 5.74) is 1.76. The Morgan fingerprint density at radius 1 is 1.25 bits per heavy atom. The van der Waals surface area contributed by atoms with Crippen molar-refractivity contribution in [3.05, 3.63) is 71.5 Å². The molecule has 3 aromatic rings. The third kappa shape index (κ3) is 2.17. The van der Waals surface area contributed by atoms with Gasteiger partial charge in [0.2, 0.25) is 0 Å². The first kappa shape index (κ1) is 13.1. The average molecular weight is 329 g/mol. The quantitative estimate of drug-likeness (QED) is 0.738. The fourth-order valence-electron chi connectivity index (χ4n) is 2.29. The van der Waals surface area contributed by atoms with Crippen LogP contribution in [0.2, 0.25) is 0 Å². The first-order chi connectivity index (χ1) is 9.70. The van der Waals surface area contributed by atoms with Gasteiger partial charge in [-0.15, -0.1) is 6.58 Å². The monoisotopic (exact) mass is 328 g/mol. The van der Waals surface area contributed by atoms with Gasteiger partial charge in [0.1, 0.15) is 11.9 Å². The highest BCUT2D eigenvalue weighted by atomic mass is 79.9. The number of aliphatic hydroxyl groups is 1. The molecule has 20 heavy (non-hydrogen) atoms. The van der Waals surface area contributed by atoms with Gasteiger partial charge in [-0.1, -0.05) is 28.1 Å². The Morgan fingerprint density at radius 3 is 2.80 bits per heavy atom. The standard InChI is InChI=1S/C16H13BrN2O/c1-2-15(20)14-10-11-9-12(17)6-7-13(11)19(14)16-5-3-4-8-18-16/h2-10,15,20H,1H2. The number of benzene rings is 1. The highest BCUT2D eigenvalue weighted by molar-refractivity contribution is 9.10. The van der Waals surface area contributed by atoms with Crippen LogP contribution in [0.3, 0.4) is 0 Å². The number of rotatable bonds is 3.